The van der Waals surface area contributed by atoms with Crippen LogP contribution in [-0.4, -0.2) is 38.5 Å². The van der Waals surface area contributed by atoms with Crippen molar-refractivity contribution in [3.05, 3.63) is 0 Å². The summed E-state index contributed by atoms with van der Waals surface area (Å²) in [5.74, 6) is 0. The zero-order valence-electron chi connectivity index (χ0n) is 10.4. The van der Waals surface area contributed by atoms with Crippen LogP contribution in [0.4, 0.5) is 0 Å². The molecule has 1 saturated heterocycles. The van der Waals surface area contributed by atoms with Gasteiger partial charge >= 0.3 is 0 Å². The molecule has 0 radical (unpaired) electrons. The van der Waals surface area contributed by atoms with Gasteiger partial charge in [-0.3, -0.25) is 0 Å². The third kappa shape index (κ3) is 3.72. The van der Waals surface area contributed by atoms with Crippen LogP contribution in [-0.2, 0) is 9.47 Å². The summed E-state index contributed by atoms with van der Waals surface area (Å²) in [5.41, 5.74) is 0. The molecular formula is C13H25NO2. The van der Waals surface area contributed by atoms with Gasteiger partial charge in [0.2, 0.25) is 0 Å². The Labute approximate surface area is 98.9 Å². The van der Waals surface area contributed by atoms with Crippen LogP contribution in [0, 0.1) is 0 Å². The van der Waals surface area contributed by atoms with E-state index in [1.165, 1.54) is 44.9 Å². The maximum absolute atomic E-state index is 5.61. The summed E-state index contributed by atoms with van der Waals surface area (Å²) < 4.78 is 11.0. The highest BCUT2D eigenvalue weighted by atomic mass is 16.5. The number of rotatable bonds is 6. The predicted molar refractivity (Wildman–Crippen MR) is 64.6 cm³/mol. The third-order valence-electron chi connectivity index (χ3n) is 3.88. The van der Waals surface area contributed by atoms with Gasteiger partial charge in [-0.15, -0.1) is 0 Å². The average Bonchev–Trinajstić information content (AvgIpc) is 2.95. The molecule has 3 nitrogen and oxygen atoms in total. The first-order valence-electron chi connectivity index (χ1n) is 6.76. The molecule has 3 atom stereocenters. The van der Waals surface area contributed by atoms with Crippen LogP contribution in [0.5, 0.6) is 0 Å². The van der Waals surface area contributed by atoms with Gasteiger partial charge in [-0.2, -0.15) is 0 Å². The standard InChI is InChI=1S/C13H25NO2/c1-15-13-7-6-11(10-13)14-8-2-4-12-5-3-9-16-12/h11-14H,2-10H2,1H3. The second-order valence-electron chi connectivity index (χ2n) is 5.10. The zero-order chi connectivity index (χ0) is 11.2. The summed E-state index contributed by atoms with van der Waals surface area (Å²) in [6.45, 7) is 2.12. The van der Waals surface area contributed by atoms with E-state index in [-0.39, 0.29) is 0 Å². The molecule has 1 aliphatic heterocycles. The van der Waals surface area contributed by atoms with Gasteiger partial charge in [0.25, 0.3) is 0 Å². The lowest BCUT2D eigenvalue weighted by Crippen LogP contribution is -2.28. The molecule has 0 aromatic rings. The van der Waals surface area contributed by atoms with Gasteiger partial charge in [0.1, 0.15) is 0 Å². The first-order valence-corrected chi connectivity index (χ1v) is 6.76. The van der Waals surface area contributed by atoms with E-state index >= 15 is 0 Å². The van der Waals surface area contributed by atoms with Crippen LogP contribution in [0.15, 0.2) is 0 Å². The Balaban J connectivity index is 1.48. The van der Waals surface area contributed by atoms with Gasteiger partial charge in [0.15, 0.2) is 0 Å². The fourth-order valence-electron chi connectivity index (χ4n) is 2.85. The number of ether oxygens (including phenoxy) is 2. The molecular weight excluding hydrogens is 202 g/mol. The molecule has 3 heteroatoms. The first kappa shape index (κ1) is 12.3. The predicted octanol–water partition coefficient (Wildman–Crippen LogP) is 2.10. The molecule has 0 bridgehead atoms. The smallest absolute Gasteiger partial charge is 0.0586 e. The van der Waals surface area contributed by atoms with E-state index < -0.39 is 0 Å². The highest BCUT2D eigenvalue weighted by Gasteiger charge is 2.23. The number of hydrogen-bond donors (Lipinski definition) is 1. The highest BCUT2D eigenvalue weighted by Crippen LogP contribution is 2.21. The van der Waals surface area contributed by atoms with Gasteiger partial charge < -0.3 is 14.8 Å². The van der Waals surface area contributed by atoms with Gasteiger partial charge in [-0.1, -0.05) is 0 Å². The van der Waals surface area contributed by atoms with Crippen LogP contribution in [0.1, 0.15) is 44.9 Å². The highest BCUT2D eigenvalue weighted by molar-refractivity contribution is 4.81. The molecule has 0 aromatic carbocycles. The lowest BCUT2D eigenvalue weighted by atomic mass is 10.1. The maximum atomic E-state index is 5.61. The minimum atomic E-state index is 0.496. The van der Waals surface area contributed by atoms with Crippen LogP contribution < -0.4 is 5.32 Å². The number of nitrogens with one attached hydrogen (secondary N) is 1. The third-order valence-corrected chi connectivity index (χ3v) is 3.88. The van der Waals surface area contributed by atoms with E-state index in [4.69, 9.17) is 9.47 Å². The summed E-state index contributed by atoms with van der Waals surface area (Å²) in [7, 11) is 1.82. The normalized spacial score (nSPS) is 34.7. The molecule has 3 unspecified atom stereocenters. The topological polar surface area (TPSA) is 30.5 Å². The Kier molecular flexibility index (Phi) is 5.07. The van der Waals surface area contributed by atoms with Crippen LogP contribution in [0.3, 0.4) is 0 Å². The van der Waals surface area contributed by atoms with Crippen molar-refractivity contribution in [2.45, 2.75) is 63.2 Å². The minimum Gasteiger partial charge on any atom is -0.381 e. The van der Waals surface area contributed by atoms with Crippen LogP contribution >= 0.6 is 0 Å². The Morgan fingerprint density at radius 1 is 1.31 bits per heavy atom. The van der Waals surface area contributed by atoms with Gasteiger partial charge in [-0.05, 0) is 51.5 Å². The second-order valence-corrected chi connectivity index (χ2v) is 5.10. The summed E-state index contributed by atoms with van der Waals surface area (Å²) in [6.07, 6.45) is 9.75. The minimum absolute atomic E-state index is 0.496. The molecule has 0 spiro atoms. The average molecular weight is 227 g/mol. The van der Waals surface area contributed by atoms with E-state index in [0.717, 1.165) is 13.2 Å². The largest absolute Gasteiger partial charge is 0.381 e. The van der Waals surface area contributed by atoms with E-state index in [1.54, 1.807) is 0 Å². The molecule has 1 N–H and O–H groups in total. The van der Waals surface area contributed by atoms with E-state index in [2.05, 4.69) is 5.32 Å². The van der Waals surface area contributed by atoms with Crippen molar-refractivity contribution in [3.63, 3.8) is 0 Å². The Hall–Kier alpha value is -0.120. The van der Waals surface area contributed by atoms with E-state index in [9.17, 15) is 0 Å². The van der Waals surface area contributed by atoms with Crippen molar-refractivity contribution < 1.29 is 9.47 Å². The van der Waals surface area contributed by atoms with Crippen molar-refractivity contribution in [3.8, 4) is 0 Å². The number of methoxy groups -OCH3 is 1. The fraction of sp³-hybridized carbons (Fsp3) is 1.00. The SMILES string of the molecule is COC1CCC(NCCCC2CCCO2)C1. The summed E-state index contributed by atoms with van der Waals surface area (Å²) >= 11 is 0. The molecule has 0 amide bonds. The van der Waals surface area contributed by atoms with Crippen molar-refractivity contribution in [2.24, 2.45) is 0 Å². The van der Waals surface area contributed by atoms with Gasteiger partial charge in [0.05, 0.1) is 12.2 Å². The fourth-order valence-corrected chi connectivity index (χ4v) is 2.85. The molecule has 16 heavy (non-hydrogen) atoms. The van der Waals surface area contributed by atoms with E-state index in [1.807, 2.05) is 7.11 Å². The van der Waals surface area contributed by atoms with Crippen LogP contribution in [0.25, 0.3) is 0 Å². The zero-order valence-corrected chi connectivity index (χ0v) is 10.4. The van der Waals surface area contributed by atoms with Crippen molar-refractivity contribution in [1.82, 2.24) is 5.32 Å². The Morgan fingerprint density at radius 3 is 2.94 bits per heavy atom. The molecule has 1 heterocycles. The molecule has 2 rings (SSSR count). The van der Waals surface area contributed by atoms with Crippen molar-refractivity contribution in [1.29, 1.82) is 0 Å². The first-order chi connectivity index (χ1) is 7.88. The molecule has 1 saturated carbocycles. The van der Waals surface area contributed by atoms with Crippen molar-refractivity contribution in [2.75, 3.05) is 20.3 Å². The van der Waals surface area contributed by atoms with E-state index in [0.29, 0.717) is 18.2 Å². The Morgan fingerprint density at radius 2 is 2.25 bits per heavy atom. The van der Waals surface area contributed by atoms with Gasteiger partial charge in [0, 0.05) is 19.8 Å². The summed E-state index contributed by atoms with van der Waals surface area (Å²) in [5, 5.41) is 3.63. The second kappa shape index (κ2) is 6.58. The summed E-state index contributed by atoms with van der Waals surface area (Å²) in [4.78, 5) is 0. The van der Waals surface area contributed by atoms with Crippen molar-refractivity contribution >= 4 is 0 Å². The lowest BCUT2D eigenvalue weighted by molar-refractivity contribution is 0.101. The monoisotopic (exact) mass is 227 g/mol. The summed E-state index contributed by atoms with van der Waals surface area (Å²) in [6, 6.07) is 0.689. The molecule has 0 aromatic heterocycles. The number of hydrogen-bond acceptors (Lipinski definition) is 3. The molecule has 1 aliphatic carbocycles. The maximum Gasteiger partial charge on any atom is 0.0586 e. The molecule has 2 fully saturated rings. The Bertz CT molecular complexity index is 192. The molecule has 94 valence electrons. The molecule has 2 aliphatic rings. The van der Waals surface area contributed by atoms with Crippen LogP contribution in [0.2, 0.25) is 0 Å². The lowest BCUT2D eigenvalue weighted by Gasteiger charge is -2.14. The van der Waals surface area contributed by atoms with Gasteiger partial charge in [-0.25, -0.2) is 0 Å². The quantitative estimate of drug-likeness (QED) is 0.705.